The van der Waals surface area contributed by atoms with Crippen molar-refractivity contribution >= 4 is 18.0 Å². The number of aliphatic hydroxyl groups excluding tert-OH is 1. The van der Waals surface area contributed by atoms with E-state index in [1.54, 1.807) is 20.8 Å². The first-order valence-corrected chi connectivity index (χ1v) is 10.5. The number of alkyl carbamates (subject to hydrolysis) is 1. The van der Waals surface area contributed by atoms with Crippen molar-refractivity contribution in [2.75, 3.05) is 7.11 Å². The molecule has 1 saturated carbocycles. The maximum absolute atomic E-state index is 12.4. The van der Waals surface area contributed by atoms with Gasteiger partial charge >= 0.3 is 12.1 Å². The maximum Gasteiger partial charge on any atom is 0.407 e. The highest BCUT2D eigenvalue weighted by Gasteiger charge is 2.48. The van der Waals surface area contributed by atoms with Gasteiger partial charge in [-0.1, -0.05) is 26.7 Å². The monoisotopic (exact) mass is 414 g/mol. The summed E-state index contributed by atoms with van der Waals surface area (Å²) in [5, 5.41) is 17.0. The Morgan fingerprint density at radius 2 is 1.72 bits per heavy atom. The van der Waals surface area contributed by atoms with Gasteiger partial charge in [0.2, 0.25) is 5.91 Å². The number of nitrogens with one attached hydrogen (secondary N) is 2. The lowest BCUT2D eigenvalue weighted by atomic mass is 9.68. The van der Waals surface area contributed by atoms with E-state index >= 15 is 0 Å². The zero-order valence-corrected chi connectivity index (χ0v) is 18.8. The van der Waals surface area contributed by atoms with E-state index in [0.29, 0.717) is 12.8 Å². The summed E-state index contributed by atoms with van der Waals surface area (Å²) < 4.78 is 10.2. The van der Waals surface area contributed by atoms with Crippen LogP contribution in [0.1, 0.15) is 67.2 Å². The Balaban J connectivity index is 3.25. The topological polar surface area (TPSA) is 114 Å². The molecule has 5 atom stereocenters. The van der Waals surface area contributed by atoms with Gasteiger partial charge in [0, 0.05) is 24.9 Å². The Bertz CT molecular complexity index is 570. The lowest BCUT2D eigenvalue weighted by Gasteiger charge is -2.45. The molecule has 168 valence electrons. The van der Waals surface area contributed by atoms with Gasteiger partial charge in [0.15, 0.2) is 0 Å². The molecule has 1 aliphatic carbocycles. The van der Waals surface area contributed by atoms with Crippen LogP contribution < -0.4 is 10.6 Å². The quantitative estimate of drug-likeness (QED) is 0.551. The average molecular weight is 415 g/mol. The Kier molecular flexibility index (Phi) is 9.39. The van der Waals surface area contributed by atoms with E-state index in [1.807, 2.05) is 13.8 Å². The van der Waals surface area contributed by atoms with Gasteiger partial charge in [-0.3, -0.25) is 9.59 Å². The van der Waals surface area contributed by atoms with Gasteiger partial charge < -0.3 is 25.2 Å². The first-order chi connectivity index (χ1) is 13.4. The van der Waals surface area contributed by atoms with Crippen LogP contribution in [-0.4, -0.2) is 54.0 Å². The molecule has 0 heterocycles. The summed E-state index contributed by atoms with van der Waals surface area (Å²) >= 11 is 0. The molecule has 29 heavy (non-hydrogen) atoms. The van der Waals surface area contributed by atoms with Crippen molar-refractivity contribution in [3.8, 4) is 0 Å². The minimum Gasteiger partial charge on any atom is -0.469 e. The lowest BCUT2D eigenvalue weighted by Crippen LogP contribution is -2.61. The predicted molar refractivity (Wildman–Crippen MR) is 109 cm³/mol. The van der Waals surface area contributed by atoms with Crippen LogP contribution in [-0.2, 0) is 19.1 Å². The van der Waals surface area contributed by atoms with Gasteiger partial charge in [0.1, 0.15) is 5.60 Å². The van der Waals surface area contributed by atoms with Crippen LogP contribution in [0.3, 0.4) is 0 Å². The number of amides is 2. The third-order valence-corrected chi connectivity index (χ3v) is 5.61. The fourth-order valence-electron chi connectivity index (χ4n) is 4.29. The van der Waals surface area contributed by atoms with E-state index in [9.17, 15) is 19.5 Å². The number of carbonyl (C=O) groups excluding carboxylic acids is 3. The molecule has 8 nitrogen and oxygen atoms in total. The molecule has 0 radical (unpaired) electrons. The fraction of sp³-hybridized carbons (Fsp3) is 0.857. The molecule has 0 aromatic rings. The van der Waals surface area contributed by atoms with Crippen LogP contribution in [0.4, 0.5) is 4.79 Å². The van der Waals surface area contributed by atoms with Gasteiger partial charge in [-0.25, -0.2) is 4.79 Å². The number of hydrogen-bond donors (Lipinski definition) is 3. The molecule has 3 N–H and O–H groups in total. The zero-order chi connectivity index (χ0) is 22.4. The van der Waals surface area contributed by atoms with Crippen LogP contribution in [0.5, 0.6) is 0 Å². The van der Waals surface area contributed by atoms with Gasteiger partial charge in [0.25, 0.3) is 0 Å². The molecule has 2 amide bonds. The molecule has 8 heteroatoms. The second-order valence-corrected chi connectivity index (χ2v) is 8.83. The van der Waals surface area contributed by atoms with Crippen LogP contribution >= 0.6 is 0 Å². The van der Waals surface area contributed by atoms with Crippen molar-refractivity contribution in [2.24, 2.45) is 17.8 Å². The molecule has 1 rings (SSSR count). The zero-order valence-electron chi connectivity index (χ0n) is 18.8. The van der Waals surface area contributed by atoms with Crippen LogP contribution in [0.2, 0.25) is 0 Å². The van der Waals surface area contributed by atoms with Crippen molar-refractivity contribution in [3.05, 3.63) is 0 Å². The maximum atomic E-state index is 12.4. The summed E-state index contributed by atoms with van der Waals surface area (Å²) in [5.41, 5.74) is -0.659. The molecule has 0 aromatic carbocycles. The number of methoxy groups -OCH3 is 1. The van der Waals surface area contributed by atoms with E-state index < -0.39 is 47.7 Å². The number of carbonyl (C=O) groups is 3. The van der Waals surface area contributed by atoms with Crippen molar-refractivity contribution in [3.63, 3.8) is 0 Å². The molecule has 0 unspecified atom stereocenters. The van der Waals surface area contributed by atoms with Crippen LogP contribution in [0, 0.1) is 17.8 Å². The first-order valence-electron chi connectivity index (χ1n) is 10.5. The molecular weight excluding hydrogens is 376 g/mol. The summed E-state index contributed by atoms with van der Waals surface area (Å²) in [5.74, 6) is -1.87. The third-order valence-electron chi connectivity index (χ3n) is 5.61. The second kappa shape index (κ2) is 10.8. The third kappa shape index (κ3) is 7.17. The number of aliphatic hydroxyl groups is 1. The highest BCUT2D eigenvalue weighted by molar-refractivity contribution is 5.74. The summed E-state index contributed by atoms with van der Waals surface area (Å²) in [6, 6.07) is -0.844. The fourth-order valence-corrected chi connectivity index (χ4v) is 4.29. The molecule has 1 aliphatic rings. The molecule has 1 fully saturated rings. The van der Waals surface area contributed by atoms with E-state index in [2.05, 4.69) is 10.6 Å². The molecule has 0 saturated heterocycles. The number of hydrogen-bond acceptors (Lipinski definition) is 6. The minimum absolute atomic E-state index is 0.0814. The molecular formula is C21H38N2O6. The highest BCUT2D eigenvalue weighted by Crippen LogP contribution is 2.36. The predicted octanol–water partition coefficient (Wildman–Crippen LogP) is 2.38. The van der Waals surface area contributed by atoms with Gasteiger partial charge in [-0.05, 0) is 39.5 Å². The highest BCUT2D eigenvalue weighted by atomic mass is 16.6. The molecule has 0 aromatic heterocycles. The molecule has 0 aliphatic heterocycles. The normalized spacial score (nSPS) is 25.8. The van der Waals surface area contributed by atoms with Crippen molar-refractivity contribution in [1.82, 2.24) is 10.6 Å². The average Bonchev–Trinajstić information content (AvgIpc) is 2.59. The second-order valence-electron chi connectivity index (χ2n) is 8.83. The van der Waals surface area contributed by atoms with E-state index in [4.69, 9.17) is 9.47 Å². The van der Waals surface area contributed by atoms with Crippen LogP contribution in [0.15, 0.2) is 0 Å². The van der Waals surface area contributed by atoms with Gasteiger partial charge in [-0.15, -0.1) is 0 Å². The Hall–Kier alpha value is -1.83. The lowest BCUT2D eigenvalue weighted by molar-refractivity contribution is -0.155. The van der Waals surface area contributed by atoms with E-state index in [-0.39, 0.29) is 11.8 Å². The standard InChI is InChI=1S/C21H38N2O6/c1-8-13(9-2)17(22-12(3)24)16-15(23-20(27)29-21(4,5)6)11-10-14(18(16)25)19(26)28-7/h13-18,25H,8-11H2,1-7H3,(H,22,24)(H,23,27)/t14-,15+,16+,17-,18+/m0/s1. The van der Waals surface area contributed by atoms with E-state index in [0.717, 1.165) is 12.8 Å². The van der Waals surface area contributed by atoms with Gasteiger partial charge in [-0.2, -0.15) is 0 Å². The van der Waals surface area contributed by atoms with Crippen molar-refractivity contribution in [2.45, 2.75) is 91.0 Å². The van der Waals surface area contributed by atoms with Crippen LogP contribution in [0.25, 0.3) is 0 Å². The summed E-state index contributed by atoms with van der Waals surface area (Å²) in [4.78, 5) is 36.6. The Morgan fingerprint density at radius 1 is 1.14 bits per heavy atom. The summed E-state index contributed by atoms with van der Waals surface area (Å²) in [6.45, 7) is 10.8. The number of rotatable bonds is 7. The SMILES string of the molecule is CCC(CC)[C@H](NC(C)=O)[C@@H]1[C@H](O)[C@@H](C(=O)OC)CC[C@H]1NC(=O)OC(C)(C)C. The Labute approximate surface area is 174 Å². The first kappa shape index (κ1) is 25.2. The van der Waals surface area contributed by atoms with Crippen molar-refractivity contribution < 1.29 is 29.0 Å². The molecule has 0 spiro atoms. The molecule has 0 bridgehead atoms. The van der Waals surface area contributed by atoms with Gasteiger partial charge in [0.05, 0.1) is 19.1 Å². The minimum atomic E-state index is -1.06. The number of ether oxygens (including phenoxy) is 2. The summed E-state index contributed by atoms with van der Waals surface area (Å²) in [6.07, 6.45) is 0.771. The number of esters is 1. The summed E-state index contributed by atoms with van der Waals surface area (Å²) in [7, 11) is 1.29. The van der Waals surface area contributed by atoms with E-state index in [1.165, 1.54) is 14.0 Å². The largest absolute Gasteiger partial charge is 0.469 e. The Morgan fingerprint density at radius 3 is 2.17 bits per heavy atom. The smallest absolute Gasteiger partial charge is 0.407 e. The van der Waals surface area contributed by atoms with Crippen molar-refractivity contribution in [1.29, 1.82) is 0 Å².